The molecule has 1 saturated heterocycles. The van der Waals surface area contributed by atoms with E-state index in [2.05, 4.69) is 16.3 Å². The van der Waals surface area contributed by atoms with E-state index in [1.165, 1.54) is 5.56 Å². The summed E-state index contributed by atoms with van der Waals surface area (Å²) in [6, 6.07) is 15.6. The minimum absolute atomic E-state index is 0.111. The van der Waals surface area contributed by atoms with Gasteiger partial charge >= 0.3 is 0 Å². The molecule has 0 radical (unpaired) electrons. The van der Waals surface area contributed by atoms with Gasteiger partial charge in [-0.25, -0.2) is 0 Å². The summed E-state index contributed by atoms with van der Waals surface area (Å²) in [4.78, 5) is 16.8. The third-order valence-electron chi connectivity index (χ3n) is 5.24. The van der Waals surface area contributed by atoms with Crippen LogP contribution in [0.4, 0.5) is 5.69 Å². The van der Waals surface area contributed by atoms with E-state index < -0.39 is 0 Å². The van der Waals surface area contributed by atoms with Gasteiger partial charge in [-0.2, -0.15) is 5.26 Å². The number of amides is 1. The zero-order valence-corrected chi connectivity index (χ0v) is 16.9. The molecule has 2 aromatic rings. The Bertz CT molecular complexity index is 986. The maximum atomic E-state index is 12.4. The molecule has 2 aromatic carbocycles. The molecule has 1 amide bonds. The highest BCUT2D eigenvalue weighted by atomic mass is 16.7. The number of nitrogens with one attached hydrogen (secondary N) is 1. The molecule has 2 aliphatic rings. The van der Waals surface area contributed by atoms with Gasteiger partial charge in [0.1, 0.15) is 11.6 Å². The minimum atomic E-state index is -0.385. The molecule has 7 heteroatoms. The number of benzene rings is 2. The van der Waals surface area contributed by atoms with Crippen LogP contribution in [-0.2, 0) is 11.3 Å². The van der Waals surface area contributed by atoms with Gasteiger partial charge < -0.3 is 19.7 Å². The SMILES string of the molecule is Cc1ccc(NC(=O)/C(C#N)=C\N2CCN(Cc3ccc4c(c3)OCO4)CC2)cc1. The summed E-state index contributed by atoms with van der Waals surface area (Å²) in [5.74, 6) is 1.21. The van der Waals surface area contributed by atoms with Crippen molar-refractivity contribution in [3.05, 3.63) is 65.4 Å². The van der Waals surface area contributed by atoms with Crippen molar-refractivity contribution in [2.75, 3.05) is 38.3 Å². The second-order valence-electron chi connectivity index (χ2n) is 7.47. The van der Waals surface area contributed by atoms with Gasteiger partial charge in [0, 0.05) is 44.6 Å². The molecular weight excluding hydrogens is 380 g/mol. The van der Waals surface area contributed by atoms with Crippen molar-refractivity contribution >= 4 is 11.6 Å². The fraction of sp³-hybridized carbons (Fsp3) is 0.304. The highest BCUT2D eigenvalue weighted by molar-refractivity contribution is 6.06. The number of rotatable bonds is 5. The molecule has 7 nitrogen and oxygen atoms in total. The average molecular weight is 404 g/mol. The normalized spacial score (nSPS) is 16.3. The first-order chi connectivity index (χ1) is 14.6. The van der Waals surface area contributed by atoms with Gasteiger partial charge in [0.05, 0.1) is 0 Å². The average Bonchev–Trinajstić information content (AvgIpc) is 3.22. The van der Waals surface area contributed by atoms with Gasteiger partial charge in [-0.15, -0.1) is 0 Å². The number of aryl methyl sites for hydroxylation is 1. The molecule has 2 aliphatic heterocycles. The topological polar surface area (TPSA) is 77.8 Å². The summed E-state index contributed by atoms with van der Waals surface area (Å²) < 4.78 is 10.8. The lowest BCUT2D eigenvalue weighted by atomic mass is 10.1. The van der Waals surface area contributed by atoms with Crippen LogP contribution >= 0.6 is 0 Å². The van der Waals surface area contributed by atoms with Gasteiger partial charge in [0.2, 0.25) is 6.79 Å². The highest BCUT2D eigenvalue weighted by Gasteiger charge is 2.19. The molecule has 4 rings (SSSR count). The Morgan fingerprint density at radius 2 is 1.83 bits per heavy atom. The Morgan fingerprint density at radius 3 is 2.57 bits per heavy atom. The number of hydrogen-bond acceptors (Lipinski definition) is 6. The molecule has 0 spiro atoms. The Morgan fingerprint density at radius 1 is 1.10 bits per heavy atom. The third kappa shape index (κ3) is 4.73. The van der Waals surface area contributed by atoms with Crippen LogP contribution in [0.25, 0.3) is 0 Å². The molecule has 2 heterocycles. The number of nitriles is 1. The van der Waals surface area contributed by atoms with Crippen LogP contribution < -0.4 is 14.8 Å². The van der Waals surface area contributed by atoms with E-state index in [4.69, 9.17) is 9.47 Å². The molecule has 1 N–H and O–H groups in total. The number of fused-ring (bicyclic) bond motifs is 1. The van der Waals surface area contributed by atoms with Gasteiger partial charge in [-0.05, 0) is 36.8 Å². The minimum Gasteiger partial charge on any atom is -0.454 e. The van der Waals surface area contributed by atoms with Crippen LogP contribution in [-0.4, -0.2) is 48.7 Å². The number of carbonyl (C=O) groups excluding carboxylic acids is 1. The fourth-order valence-electron chi connectivity index (χ4n) is 3.50. The number of anilines is 1. The lowest BCUT2D eigenvalue weighted by molar-refractivity contribution is -0.112. The predicted molar refractivity (Wildman–Crippen MR) is 113 cm³/mol. The zero-order chi connectivity index (χ0) is 20.9. The summed E-state index contributed by atoms with van der Waals surface area (Å²) in [5, 5.41) is 12.2. The van der Waals surface area contributed by atoms with Crippen LogP contribution in [0, 0.1) is 18.3 Å². The number of ether oxygens (including phenoxy) is 2. The molecule has 0 bridgehead atoms. The second-order valence-corrected chi connectivity index (χ2v) is 7.47. The monoisotopic (exact) mass is 404 g/mol. The van der Waals surface area contributed by atoms with E-state index in [-0.39, 0.29) is 18.3 Å². The lowest BCUT2D eigenvalue weighted by Gasteiger charge is -2.34. The molecular formula is C23H24N4O3. The molecule has 0 aliphatic carbocycles. The van der Waals surface area contributed by atoms with Gasteiger partial charge in [-0.1, -0.05) is 23.8 Å². The summed E-state index contributed by atoms with van der Waals surface area (Å²) >= 11 is 0. The first-order valence-electron chi connectivity index (χ1n) is 9.95. The molecule has 0 atom stereocenters. The van der Waals surface area contributed by atoms with Gasteiger partial charge in [0.25, 0.3) is 5.91 Å². The number of hydrogen-bond donors (Lipinski definition) is 1. The molecule has 0 aromatic heterocycles. The van der Waals surface area contributed by atoms with Crippen molar-refractivity contribution in [2.24, 2.45) is 0 Å². The summed E-state index contributed by atoms with van der Waals surface area (Å²) in [7, 11) is 0. The Balaban J connectivity index is 1.31. The van der Waals surface area contributed by atoms with Crippen molar-refractivity contribution < 1.29 is 14.3 Å². The highest BCUT2D eigenvalue weighted by Crippen LogP contribution is 2.32. The third-order valence-corrected chi connectivity index (χ3v) is 5.24. The summed E-state index contributed by atoms with van der Waals surface area (Å²) in [6.07, 6.45) is 1.67. The van der Waals surface area contributed by atoms with Crippen LogP contribution in [0.2, 0.25) is 0 Å². The molecule has 1 fully saturated rings. The maximum absolute atomic E-state index is 12.4. The first kappa shape index (κ1) is 19.8. The number of carbonyl (C=O) groups is 1. The van der Waals surface area contributed by atoms with E-state index in [0.717, 1.165) is 49.8 Å². The van der Waals surface area contributed by atoms with Crippen molar-refractivity contribution in [3.63, 3.8) is 0 Å². The van der Waals surface area contributed by atoms with Gasteiger partial charge in [0.15, 0.2) is 11.5 Å². The Labute approximate surface area is 176 Å². The molecule has 0 unspecified atom stereocenters. The summed E-state index contributed by atoms with van der Waals surface area (Å²) in [5.41, 5.74) is 3.08. The van der Waals surface area contributed by atoms with Crippen LogP contribution in [0.1, 0.15) is 11.1 Å². The van der Waals surface area contributed by atoms with Crippen molar-refractivity contribution in [1.82, 2.24) is 9.80 Å². The quantitative estimate of drug-likeness (QED) is 0.610. The van der Waals surface area contributed by atoms with Crippen LogP contribution in [0.5, 0.6) is 11.5 Å². The van der Waals surface area contributed by atoms with E-state index in [1.807, 2.05) is 54.3 Å². The van der Waals surface area contributed by atoms with Gasteiger partial charge in [-0.3, -0.25) is 9.69 Å². The van der Waals surface area contributed by atoms with Crippen LogP contribution in [0.15, 0.2) is 54.2 Å². The first-order valence-corrected chi connectivity index (χ1v) is 9.95. The second kappa shape index (κ2) is 8.89. The summed E-state index contributed by atoms with van der Waals surface area (Å²) in [6.45, 7) is 6.31. The van der Waals surface area contributed by atoms with E-state index >= 15 is 0 Å². The molecule has 30 heavy (non-hydrogen) atoms. The van der Waals surface area contributed by atoms with E-state index in [1.54, 1.807) is 6.20 Å². The standard InChI is InChI=1S/C23H24N4O3/c1-17-2-5-20(6-3-17)25-23(28)19(13-24)15-27-10-8-26(9-11-27)14-18-4-7-21-22(12-18)30-16-29-21/h2-7,12,15H,8-11,14,16H2,1H3,(H,25,28)/b19-15-. The molecule has 0 saturated carbocycles. The van der Waals surface area contributed by atoms with E-state index in [9.17, 15) is 10.1 Å². The van der Waals surface area contributed by atoms with Crippen molar-refractivity contribution in [2.45, 2.75) is 13.5 Å². The largest absolute Gasteiger partial charge is 0.454 e. The zero-order valence-electron chi connectivity index (χ0n) is 16.9. The lowest BCUT2D eigenvalue weighted by Crippen LogP contribution is -2.43. The molecule has 154 valence electrons. The number of piperazine rings is 1. The smallest absolute Gasteiger partial charge is 0.267 e. The maximum Gasteiger partial charge on any atom is 0.267 e. The van der Waals surface area contributed by atoms with Crippen molar-refractivity contribution in [3.8, 4) is 17.6 Å². The van der Waals surface area contributed by atoms with Crippen molar-refractivity contribution in [1.29, 1.82) is 5.26 Å². The predicted octanol–water partition coefficient (Wildman–Crippen LogP) is 2.89. The number of nitrogens with zero attached hydrogens (tertiary/aromatic N) is 3. The van der Waals surface area contributed by atoms with E-state index in [0.29, 0.717) is 5.69 Å². The Hall–Kier alpha value is -3.50. The Kier molecular flexibility index (Phi) is 5.87. The fourth-order valence-corrected chi connectivity index (χ4v) is 3.50. The van der Waals surface area contributed by atoms with Crippen LogP contribution in [0.3, 0.4) is 0 Å².